The van der Waals surface area contributed by atoms with Crippen LogP contribution in [-0.2, 0) is 5.60 Å². The topological polar surface area (TPSA) is 74.9 Å². The van der Waals surface area contributed by atoms with E-state index in [2.05, 4.69) is 10.1 Å². The number of halogens is 2. The van der Waals surface area contributed by atoms with Gasteiger partial charge in [0.2, 0.25) is 0 Å². The van der Waals surface area contributed by atoms with Gasteiger partial charge in [0.1, 0.15) is 28.8 Å². The molecule has 0 atom stereocenters. The van der Waals surface area contributed by atoms with Crippen molar-refractivity contribution >= 4 is 11.0 Å². The normalized spacial score (nSPS) is 14.1. The second kappa shape index (κ2) is 7.85. The molecule has 1 fully saturated rings. The van der Waals surface area contributed by atoms with Crippen molar-refractivity contribution in [2.24, 2.45) is 0 Å². The van der Waals surface area contributed by atoms with E-state index in [9.17, 15) is 13.9 Å². The molecule has 5 aromatic rings. The van der Waals surface area contributed by atoms with Gasteiger partial charge >= 0.3 is 0 Å². The Balaban J connectivity index is 1.69. The number of fused-ring (bicyclic) bond motifs is 1. The molecular weight excluding hydrogens is 448 g/mol. The van der Waals surface area contributed by atoms with Crippen molar-refractivity contribution in [3.8, 4) is 11.1 Å². The third kappa shape index (κ3) is 3.54. The molecule has 1 aliphatic rings. The molecule has 0 spiro atoms. The highest BCUT2D eigenvalue weighted by Gasteiger charge is 2.38. The fraction of sp³-hybridized carbons (Fsp3) is 0.214. The summed E-state index contributed by atoms with van der Waals surface area (Å²) in [5, 5.41) is 16.6. The van der Waals surface area contributed by atoms with Gasteiger partial charge in [-0.05, 0) is 79.8 Å². The molecule has 0 bridgehead atoms. The number of nitrogens with one attached hydrogen (secondary N) is 1. The van der Waals surface area contributed by atoms with Gasteiger partial charge in [0.25, 0.3) is 0 Å². The van der Waals surface area contributed by atoms with Crippen molar-refractivity contribution in [3.63, 3.8) is 0 Å². The number of aryl methyl sites for hydroxylation is 2. The first-order chi connectivity index (χ1) is 16.8. The Morgan fingerprint density at radius 1 is 0.943 bits per heavy atom. The molecule has 7 heteroatoms. The predicted molar refractivity (Wildman–Crippen MR) is 128 cm³/mol. The Kier molecular flexibility index (Phi) is 4.86. The summed E-state index contributed by atoms with van der Waals surface area (Å²) in [6, 6.07) is 15.3. The van der Waals surface area contributed by atoms with Crippen molar-refractivity contribution in [2.75, 3.05) is 0 Å². The summed E-state index contributed by atoms with van der Waals surface area (Å²) in [6.07, 6.45) is 2.12. The smallest absolute Gasteiger partial charge is 0.142 e. The highest BCUT2D eigenvalue weighted by molar-refractivity contribution is 5.88. The lowest BCUT2D eigenvalue weighted by molar-refractivity contribution is 0.127. The van der Waals surface area contributed by atoms with Gasteiger partial charge in [-0.25, -0.2) is 13.8 Å². The molecule has 176 valence electrons. The van der Waals surface area contributed by atoms with Gasteiger partial charge in [0.15, 0.2) is 0 Å². The second-order valence-corrected chi connectivity index (χ2v) is 9.24. The molecule has 5 nitrogen and oxygen atoms in total. The summed E-state index contributed by atoms with van der Waals surface area (Å²) in [6.45, 7) is 3.71. The summed E-state index contributed by atoms with van der Waals surface area (Å²) in [4.78, 5) is 8.33. The molecule has 1 saturated carbocycles. The van der Waals surface area contributed by atoms with Crippen molar-refractivity contribution in [3.05, 3.63) is 106 Å². The minimum atomic E-state index is -1.73. The van der Waals surface area contributed by atoms with Crippen LogP contribution in [0.15, 0.2) is 65.2 Å². The quantitative estimate of drug-likeness (QED) is 0.296. The maximum atomic E-state index is 13.9. The van der Waals surface area contributed by atoms with Crippen LogP contribution < -0.4 is 0 Å². The van der Waals surface area contributed by atoms with Gasteiger partial charge in [-0.15, -0.1) is 0 Å². The largest absolute Gasteiger partial charge is 0.376 e. The Labute approximate surface area is 200 Å². The molecule has 3 aromatic carbocycles. The fourth-order valence-corrected chi connectivity index (χ4v) is 4.86. The highest BCUT2D eigenvalue weighted by Crippen LogP contribution is 2.45. The molecule has 1 aliphatic carbocycles. The Hall–Kier alpha value is -3.84. The fourth-order valence-electron chi connectivity index (χ4n) is 4.86. The predicted octanol–water partition coefficient (Wildman–Crippen LogP) is 6.27. The van der Waals surface area contributed by atoms with Gasteiger partial charge < -0.3 is 14.6 Å². The van der Waals surface area contributed by atoms with Gasteiger partial charge in [-0.1, -0.05) is 29.4 Å². The Morgan fingerprint density at radius 2 is 1.54 bits per heavy atom. The zero-order chi connectivity index (χ0) is 24.3. The number of hydrogen-bond acceptors (Lipinski definition) is 4. The summed E-state index contributed by atoms with van der Waals surface area (Å²) < 4.78 is 33.1. The molecule has 0 radical (unpaired) electrons. The highest BCUT2D eigenvalue weighted by atomic mass is 19.1. The van der Waals surface area contributed by atoms with Crippen LogP contribution in [-0.4, -0.2) is 20.2 Å². The minimum Gasteiger partial charge on any atom is -0.376 e. The monoisotopic (exact) mass is 471 g/mol. The molecular formula is C28H23F2N3O2. The van der Waals surface area contributed by atoms with E-state index in [4.69, 9.17) is 9.51 Å². The number of rotatable bonds is 5. The van der Waals surface area contributed by atoms with Gasteiger partial charge in [0.05, 0.1) is 16.7 Å². The Bertz CT molecular complexity index is 1480. The third-order valence-electron chi connectivity index (χ3n) is 6.80. The van der Waals surface area contributed by atoms with Crippen molar-refractivity contribution < 1.29 is 18.4 Å². The van der Waals surface area contributed by atoms with Crippen molar-refractivity contribution in [1.82, 2.24) is 15.1 Å². The van der Waals surface area contributed by atoms with Crippen LogP contribution in [0.1, 0.15) is 52.7 Å². The van der Waals surface area contributed by atoms with Crippen LogP contribution in [0.2, 0.25) is 0 Å². The number of nitrogens with zero attached hydrogens (tertiary/aromatic N) is 2. The lowest BCUT2D eigenvalue weighted by Gasteiger charge is -2.31. The number of hydrogen-bond donors (Lipinski definition) is 2. The van der Waals surface area contributed by atoms with E-state index >= 15 is 0 Å². The van der Waals surface area contributed by atoms with Gasteiger partial charge in [-0.3, -0.25) is 0 Å². The first-order valence-corrected chi connectivity index (χ1v) is 11.6. The van der Waals surface area contributed by atoms with Crippen molar-refractivity contribution in [2.45, 2.75) is 38.2 Å². The molecule has 6 rings (SSSR count). The van der Waals surface area contributed by atoms with Gasteiger partial charge in [-0.2, -0.15) is 0 Å². The molecule has 0 aliphatic heterocycles. The molecule has 35 heavy (non-hydrogen) atoms. The summed E-state index contributed by atoms with van der Waals surface area (Å²) >= 11 is 0. The standard InChI is InChI=1S/C28H23F2N3O2/c1-15-25(16(2)35-33-15)18-13-23(26-24(14-18)31-27(32-26)17-3-4-17)28(34,19-5-9-21(29)10-6-19)20-7-11-22(30)12-8-20/h5-14,17,34H,3-4H2,1-2H3,(H,31,32). The lowest BCUT2D eigenvalue weighted by Crippen LogP contribution is -2.29. The average Bonchev–Trinajstić information content (AvgIpc) is 3.53. The van der Waals surface area contributed by atoms with Crippen LogP contribution >= 0.6 is 0 Å². The van der Waals surface area contributed by atoms with Crippen molar-refractivity contribution in [1.29, 1.82) is 0 Å². The molecule has 0 saturated heterocycles. The number of aliphatic hydroxyl groups is 1. The van der Waals surface area contributed by atoms with Crippen LogP contribution in [0.3, 0.4) is 0 Å². The van der Waals surface area contributed by atoms with E-state index in [-0.39, 0.29) is 0 Å². The van der Waals surface area contributed by atoms with E-state index in [1.165, 1.54) is 24.3 Å². The number of aromatic amines is 1. The summed E-state index contributed by atoms with van der Waals surface area (Å²) in [7, 11) is 0. The van der Waals surface area contributed by atoms with E-state index in [1.54, 1.807) is 24.3 Å². The van der Waals surface area contributed by atoms with Crippen LogP contribution in [0.5, 0.6) is 0 Å². The number of benzene rings is 3. The van der Waals surface area contributed by atoms with Gasteiger partial charge in [0, 0.05) is 17.0 Å². The van der Waals surface area contributed by atoms with E-state index < -0.39 is 17.2 Å². The first kappa shape index (κ1) is 21.7. The minimum absolute atomic E-state index is 0.363. The van der Waals surface area contributed by atoms with Crippen LogP contribution in [0, 0.1) is 25.5 Å². The second-order valence-electron chi connectivity index (χ2n) is 9.24. The Morgan fingerprint density at radius 3 is 2.06 bits per heavy atom. The molecule has 2 heterocycles. The summed E-state index contributed by atoms with van der Waals surface area (Å²) in [5.41, 5.74) is 3.39. The van der Waals surface area contributed by atoms with E-state index in [0.29, 0.717) is 33.9 Å². The zero-order valence-corrected chi connectivity index (χ0v) is 19.3. The SMILES string of the molecule is Cc1noc(C)c1-c1cc(C(O)(c2ccc(F)cc2)c2ccc(F)cc2)c2nc(C3CC3)[nH]c2c1. The number of aromatic nitrogens is 3. The van der Waals surface area contributed by atoms with Crippen LogP contribution in [0.25, 0.3) is 22.2 Å². The zero-order valence-electron chi connectivity index (χ0n) is 19.3. The van der Waals surface area contributed by atoms with Crippen LogP contribution in [0.4, 0.5) is 8.78 Å². The van der Waals surface area contributed by atoms with E-state index in [0.717, 1.165) is 41.0 Å². The lowest BCUT2D eigenvalue weighted by atomic mass is 9.78. The molecule has 2 N–H and O–H groups in total. The third-order valence-corrected chi connectivity index (χ3v) is 6.80. The molecule has 0 amide bonds. The summed E-state index contributed by atoms with van der Waals surface area (Å²) in [5.74, 6) is 1.06. The molecule has 2 aromatic heterocycles. The number of H-pyrrole nitrogens is 1. The van der Waals surface area contributed by atoms with E-state index in [1.807, 2.05) is 26.0 Å². The average molecular weight is 472 g/mol. The molecule has 0 unspecified atom stereocenters. The number of imidazole rings is 1. The first-order valence-electron chi connectivity index (χ1n) is 11.6. The maximum absolute atomic E-state index is 13.9. The maximum Gasteiger partial charge on any atom is 0.142 e.